The van der Waals surface area contributed by atoms with Crippen molar-refractivity contribution in [2.75, 3.05) is 5.32 Å². The summed E-state index contributed by atoms with van der Waals surface area (Å²) in [7, 11) is 0. The van der Waals surface area contributed by atoms with Crippen molar-refractivity contribution in [2.24, 2.45) is 0 Å². The summed E-state index contributed by atoms with van der Waals surface area (Å²) in [6.45, 7) is 4.97. The highest BCUT2D eigenvalue weighted by Crippen LogP contribution is 2.29. The van der Waals surface area contributed by atoms with Crippen LogP contribution < -0.4 is 10.1 Å². The molecule has 0 aliphatic carbocycles. The zero-order chi connectivity index (χ0) is 21.2. The lowest BCUT2D eigenvalue weighted by Gasteiger charge is -2.19. The molecule has 28 heavy (non-hydrogen) atoms. The first kappa shape index (κ1) is 21.1. The van der Waals surface area contributed by atoms with Crippen LogP contribution in [-0.4, -0.2) is 17.7 Å². The minimum atomic E-state index is -2.37. The lowest BCUT2D eigenvalue weighted by Crippen LogP contribution is -2.27. The second kappa shape index (κ2) is 7.83. The van der Waals surface area contributed by atoms with Crippen LogP contribution in [0.15, 0.2) is 24.3 Å². The fourth-order valence-corrected chi connectivity index (χ4v) is 1.94. The number of benzene rings is 2. The third-order valence-corrected chi connectivity index (χ3v) is 3.13. The molecule has 0 bridgehead atoms. The van der Waals surface area contributed by atoms with E-state index in [9.17, 15) is 31.5 Å². The number of esters is 1. The van der Waals surface area contributed by atoms with E-state index in [1.54, 1.807) is 20.8 Å². The van der Waals surface area contributed by atoms with E-state index in [0.29, 0.717) is 0 Å². The van der Waals surface area contributed by atoms with Gasteiger partial charge in [-0.15, -0.1) is 0 Å². The third-order valence-electron chi connectivity index (χ3n) is 3.13. The molecule has 0 saturated carbocycles. The molecule has 0 heterocycles. The molecule has 0 saturated heterocycles. The van der Waals surface area contributed by atoms with E-state index in [1.807, 2.05) is 0 Å². The Morgan fingerprint density at radius 1 is 0.821 bits per heavy atom. The summed E-state index contributed by atoms with van der Waals surface area (Å²) < 4.78 is 75.8. The van der Waals surface area contributed by atoms with Gasteiger partial charge in [-0.1, -0.05) is 0 Å². The zero-order valence-electron chi connectivity index (χ0n) is 14.8. The summed E-state index contributed by atoms with van der Waals surface area (Å²) in [6, 6.07) is 4.72. The molecule has 1 N–H and O–H groups in total. The zero-order valence-corrected chi connectivity index (χ0v) is 14.8. The molecule has 0 aliphatic rings. The fourth-order valence-electron chi connectivity index (χ4n) is 1.94. The van der Waals surface area contributed by atoms with E-state index >= 15 is 0 Å². The lowest BCUT2D eigenvalue weighted by atomic mass is 10.2. The Kier molecular flexibility index (Phi) is 5.91. The summed E-state index contributed by atoms with van der Waals surface area (Å²) in [5.41, 5.74) is -0.775. The molecule has 0 fully saturated rings. The summed E-state index contributed by atoms with van der Waals surface area (Å²) in [5, 5.41) is 2.38. The number of rotatable bonds is 3. The Bertz CT molecular complexity index is 894. The van der Waals surface area contributed by atoms with Crippen molar-refractivity contribution < 1.29 is 41.0 Å². The summed E-state index contributed by atoms with van der Waals surface area (Å²) >= 11 is 0. The molecule has 150 valence electrons. The second-order valence-corrected chi connectivity index (χ2v) is 6.49. The number of anilines is 1. The number of hydrogen-bond donors (Lipinski definition) is 1. The molecular formula is C18H14F5NO4. The number of amides is 1. The largest absolute Gasteiger partial charge is 0.444 e. The molecule has 2 aromatic carbocycles. The maximum Gasteiger partial charge on any atom is 0.412 e. The van der Waals surface area contributed by atoms with Gasteiger partial charge in [0.25, 0.3) is 0 Å². The summed E-state index contributed by atoms with van der Waals surface area (Å²) in [6.07, 6.45) is -0.760. The van der Waals surface area contributed by atoms with Crippen LogP contribution in [-0.2, 0) is 4.74 Å². The van der Waals surface area contributed by atoms with E-state index in [1.165, 1.54) is 12.1 Å². The van der Waals surface area contributed by atoms with E-state index < -0.39 is 52.5 Å². The normalized spacial score (nSPS) is 11.1. The molecule has 0 unspecified atom stereocenters. The van der Waals surface area contributed by atoms with Crippen LogP contribution in [0.1, 0.15) is 31.1 Å². The van der Waals surface area contributed by atoms with Gasteiger partial charge in [0, 0.05) is 5.69 Å². The average Bonchev–Trinajstić information content (AvgIpc) is 2.60. The minimum Gasteiger partial charge on any atom is -0.444 e. The number of carbonyl (C=O) groups is 2. The van der Waals surface area contributed by atoms with Gasteiger partial charge in [0.1, 0.15) is 5.60 Å². The molecule has 0 radical (unpaired) electrons. The maximum atomic E-state index is 13.6. The van der Waals surface area contributed by atoms with Crippen molar-refractivity contribution in [1.29, 1.82) is 0 Å². The SMILES string of the molecule is CC(C)(C)OC(=O)Nc1ccc(C(=O)Oc2c(F)c(F)c(F)c(F)c2F)cc1. The standard InChI is InChI=1S/C18H14F5NO4/c1-18(2,3)28-17(26)24-9-6-4-8(5-7-9)16(25)27-15-13(22)11(20)10(19)12(21)14(15)23/h4-7H,1-3H3,(H,24,26). The average molecular weight is 403 g/mol. The van der Waals surface area contributed by atoms with E-state index in [2.05, 4.69) is 10.1 Å². The van der Waals surface area contributed by atoms with Gasteiger partial charge in [0.15, 0.2) is 0 Å². The smallest absolute Gasteiger partial charge is 0.412 e. The predicted molar refractivity (Wildman–Crippen MR) is 87.5 cm³/mol. The molecule has 0 aliphatic heterocycles. The Morgan fingerprint density at radius 3 is 1.75 bits per heavy atom. The van der Waals surface area contributed by atoms with Crippen molar-refractivity contribution in [3.8, 4) is 5.75 Å². The van der Waals surface area contributed by atoms with Crippen molar-refractivity contribution in [3.05, 3.63) is 58.9 Å². The van der Waals surface area contributed by atoms with Crippen molar-refractivity contribution in [2.45, 2.75) is 26.4 Å². The molecule has 0 aromatic heterocycles. The third kappa shape index (κ3) is 4.76. The molecule has 10 heteroatoms. The highest BCUT2D eigenvalue weighted by atomic mass is 19.2. The van der Waals surface area contributed by atoms with Crippen LogP contribution in [0.4, 0.5) is 32.4 Å². The van der Waals surface area contributed by atoms with Crippen LogP contribution >= 0.6 is 0 Å². The topological polar surface area (TPSA) is 64.6 Å². The number of nitrogens with one attached hydrogen (secondary N) is 1. The first-order valence-electron chi connectivity index (χ1n) is 7.74. The number of ether oxygens (including phenoxy) is 2. The van der Waals surface area contributed by atoms with Crippen LogP contribution in [0.25, 0.3) is 0 Å². The molecule has 1 amide bonds. The van der Waals surface area contributed by atoms with Crippen LogP contribution in [0, 0.1) is 29.1 Å². The van der Waals surface area contributed by atoms with Gasteiger partial charge in [-0.25, -0.2) is 22.8 Å². The van der Waals surface area contributed by atoms with Crippen LogP contribution in [0.5, 0.6) is 5.75 Å². The van der Waals surface area contributed by atoms with Gasteiger partial charge < -0.3 is 9.47 Å². The first-order valence-corrected chi connectivity index (χ1v) is 7.74. The Balaban J connectivity index is 2.16. The van der Waals surface area contributed by atoms with Crippen LogP contribution in [0.2, 0.25) is 0 Å². The van der Waals surface area contributed by atoms with Gasteiger partial charge in [-0.05, 0) is 45.0 Å². The number of hydrogen-bond acceptors (Lipinski definition) is 4. The van der Waals surface area contributed by atoms with Gasteiger partial charge in [-0.2, -0.15) is 8.78 Å². The van der Waals surface area contributed by atoms with Crippen molar-refractivity contribution >= 4 is 17.7 Å². The quantitative estimate of drug-likeness (QED) is 0.259. The van der Waals surface area contributed by atoms with E-state index in [0.717, 1.165) is 12.1 Å². The first-order chi connectivity index (χ1) is 12.9. The molecule has 0 spiro atoms. The van der Waals surface area contributed by atoms with E-state index in [-0.39, 0.29) is 11.3 Å². The monoisotopic (exact) mass is 403 g/mol. The predicted octanol–water partition coefficient (Wildman–Crippen LogP) is 4.95. The lowest BCUT2D eigenvalue weighted by molar-refractivity contribution is 0.0635. The van der Waals surface area contributed by atoms with Gasteiger partial charge in [0.2, 0.25) is 34.8 Å². The van der Waals surface area contributed by atoms with Gasteiger partial charge in [0.05, 0.1) is 5.56 Å². The Morgan fingerprint density at radius 2 is 1.29 bits per heavy atom. The Hall–Kier alpha value is -3.17. The maximum absolute atomic E-state index is 13.6. The molecule has 0 atom stereocenters. The van der Waals surface area contributed by atoms with Crippen LogP contribution in [0.3, 0.4) is 0 Å². The van der Waals surface area contributed by atoms with Gasteiger partial charge >= 0.3 is 12.1 Å². The molecule has 5 nitrogen and oxygen atoms in total. The Labute approximate surface area is 156 Å². The van der Waals surface area contributed by atoms with Gasteiger partial charge in [-0.3, -0.25) is 5.32 Å². The minimum absolute atomic E-state index is 0.224. The summed E-state index contributed by atoms with van der Waals surface area (Å²) in [4.78, 5) is 23.6. The fraction of sp³-hybridized carbons (Fsp3) is 0.222. The highest BCUT2D eigenvalue weighted by molar-refractivity contribution is 5.92. The second-order valence-electron chi connectivity index (χ2n) is 6.49. The molecule has 2 rings (SSSR count). The summed E-state index contributed by atoms with van der Waals surface area (Å²) in [5.74, 6) is -14.5. The van der Waals surface area contributed by atoms with Crippen molar-refractivity contribution in [1.82, 2.24) is 0 Å². The molecular weight excluding hydrogens is 389 g/mol. The van der Waals surface area contributed by atoms with E-state index in [4.69, 9.17) is 4.74 Å². The number of carbonyl (C=O) groups excluding carboxylic acids is 2. The highest BCUT2D eigenvalue weighted by Gasteiger charge is 2.29. The number of halogens is 5. The van der Waals surface area contributed by atoms with Crippen molar-refractivity contribution in [3.63, 3.8) is 0 Å². The molecule has 2 aromatic rings.